The van der Waals surface area contributed by atoms with E-state index < -0.39 is 35.7 Å². The van der Waals surface area contributed by atoms with E-state index in [4.69, 9.17) is 21.1 Å². The average Bonchev–Trinajstić information content (AvgIpc) is 2.99. The van der Waals surface area contributed by atoms with E-state index in [-0.39, 0.29) is 13.0 Å². The normalized spacial score (nSPS) is 19.8. The number of ether oxygens (including phenoxy) is 2. The van der Waals surface area contributed by atoms with Crippen LogP contribution >= 0.6 is 11.6 Å². The van der Waals surface area contributed by atoms with Crippen molar-refractivity contribution in [3.05, 3.63) is 35.0 Å². The van der Waals surface area contributed by atoms with E-state index in [2.05, 4.69) is 15.6 Å². The standard InChI is InChI=1S/C19H22ClN3O5/c1-19(2,3)28-18(26)23-15-9-27-16(24)8-13(15)22-17(25)14-7-10-6-11(20)4-5-12(10)21-14/h4-7,13,15,21H,8-9H2,1-3H3,(H,22,25)(H,23,26)/t13-,15-/m0/s1. The van der Waals surface area contributed by atoms with Gasteiger partial charge in [-0.25, -0.2) is 4.79 Å². The number of alkyl carbamates (subject to hydrolysis) is 1. The van der Waals surface area contributed by atoms with Gasteiger partial charge in [-0.05, 0) is 45.0 Å². The maximum Gasteiger partial charge on any atom is 0.408 e. The van der Waals surface area contributed by atoms with Crippen LogP contribution in [0.4, 0.5) is 4.79 Å². The van der Waals surface area contributed by atoms with Crippen molar-refractivity contribution in [3.63, 3.8) is 0 Å². The molecular weight excluding hydrogens is 386 g/mol. The van der Waals surface area contributed by atoms with E-state index in [1.165, 1.54) is 0 Å². The third-order valence-electron chi connectivity index (χ3n) is 4.14. The number of benzene rings is 1. The molecule has 2 aromatic rings. The fourth-order valence-corrected chi connectivity index (χ4v) is 3.08. The average molecular weight is 408 g/mol. The van der Waals surface area contributed by atoms with E-state index in [1.807, 2.05) is 0 Å². The number of amides is 2. The van der Waals surface area contributed by atoms with Gasteiger partial charge in [0.05, 0.1) is 18.5 Å². The summed E-state index contributed by atoms with van der Waals surface area (Å²) < 4.78 is 10.3. The zero-order valence-electron chi connectivity index (χ0n) is 15.8. The van der Waals surface area contributed by atoms with E-state index >= 15 is 0 Å². The van der Waals surface area contributed by atoms with E-state index in [0.29, 0.717) is 10.7 Å². The molecule has 0 unspecified atom stereocenters. The predicted molar refractivity (Wildman–Crippen MR) is 103 cm³/mol. The second kappa shape index (κ2) is 7.71. The molecule has 0 bridgehead atoms. The molecule has 2 amide bonds. The van der Waals surface area contributed by atoms with Gasteiger partial charge >= 0.3 is 12.1 Å². The van der Waals surface area contributed by atoms with Gasteiger partial charge in [-0.2, -0.15) is 0 Å². The number of esters is 1. The summed E-state index contributed by atoms with van der Waals surface area (Å²) in [6, 6.07) is 5.69. The predicted octanol–water partition coefficient (Wildman–Crippen LogP) is 2.76. The van der Waals surface area contributed by atoms with Crippen LogP contribution in [0.15, 0.2) is 24.3 Å². The topological polar surface area (TPSA) is 110 Å². The Bertz CT molecular complexity index is 918. The fraction of sp³-hybridized carbons (Fsp3) is 0.421. The molecule has 8 nitrogen and oxygen atoms in total. The Hall–Kier alpha value is -2.74. The monoisotopic (exact) mass is 407 g/mol. The highest BCUT2D eigenvalue weighted by Gasteiger charge is 2.34. The zero-order valence-corrected chi connectivity index (χ0v) is 16.6. The maximum absolute atomic E-state index is 12.7. The fourth-order valence-electron chi connectivity index (χ4n) is 2.90. The molecule has 2 heterocycles. The Morgan fingerprint density at radius 2 is 1.96 bits per heavy atom. The van der Waals surface area contributed by atoms with Crippen LogP contribution in [0.25, 0.3) is 10.9 Å². The summed E-state index contributed by atoms with van der Waals surface area (Å²) >= 11 is 5.97. The van der Waals surface area contributed by atoms with Crippen LogP contribution < -0.4 is 10.6 Å². The van der Waals surface area contributed by atoms with Gasteiger partial charge in [0.2, 0.25) is 0 Å². The third-order valence-corrected chi connectivity index (χ3v) is 4.38. The highest BCUT2D eigenvalue weighted by molar-refractivity contribution is 6.31. The van der Waals surface area contributed by atoms with Gasteiger partial charge in [0, 0.05) is 15.9 Å². The number of hydrogen-bond acceptors (Lipinski definition) is 5. The zero-order chi connectivity index (χ0) is 20.5. The molecule has 0 radical (unpaired) electrons. The Morgan fingerprint density at radius 1 is 1.21 bits per heavy atom. The summed E-state index contributed by atoms with van der Waals surface area (Å²) in [6.45, 7) is 5.18. The third kappa shape index (κ3) is 4.95. The van der Waals surface area contributed by atoms with Crippen LogP contribution in [0.1, 0.15) is 37.7 Å². The van der Waals surface area contributed by atoms with Crippen molar-refractivity contribution in [1.82, 2.24) is 15.6 Å². The van der Waals surface area contributed by atoms with Crippen molar-refractivity contribution < 1.29 is 23.9 Å². The molecule has 0 saturated carbocycles. The lowest BCUT2D eigenvalue weighted by molar-refractivity contribution is -0.149. The lowest BCUT2D eigenvalue weighted by Gasteiger charge is -2.32. The van der Waals surface area contributed by atoms with Gasteiger partial charge in [0.25, 0.3) is 5.91 Å². The number of fused-ring (bicyclic) bond motifs is 1. The lowest BCUT2D eigenvalue weighted by atomic mass is 10.0. The molecule has 0 aliphatic carbocycles. The summed E-state index contributed by atoms with van der Waals surface area (Å²) in [7, 11) is 0. The Balaban J connectivity index is 1.71. The van der Waals surface area contributed by atoms with Crippen molar-refractivity contribution in [2.45, 2.75) is 44.9 Å². The van der Waals surface area contributed by atoms with Crippen LogP contribution in [0.2, 0.25) is 5.02 Å². The minimum absolute atomic E-state index is 0.0503. The lowest BCUT2D eigenvalue weighted by Crippen LogP contribution is -2.58. The molecule has 1 aromatic heterocycles. The number of carbonyl (C=O) groups excluding carboxylic acids is 3. The number of aromatic nitrogens is 1. The van der Waals surface area contributed by atoms with Crippen LogP contribution in [0.5, 0.6) is 0 Å². The molecule has 1 saturated heterocycles. The van der Waals surface area contributed by atoms with Gasteiger partial charge in [-0.1, -0.05) is 11.6 Å². The summed E-state index contributed by atoms with van der Waals surface area (Å²) in [5, 5.41) is 6.80. The number of aromatic amines is 1. The molecule has 0 spiro atoms. The first-order chi connectivity index (χ1) is 13.1. The molecule has 1 aliphatic rings. The minimum atomic E-state index is -0.667. The van der Waals surface area contributed by atoms with Crippen LogP contribution in [0.3, 0.4) is 0 Å². The van der Waals surface area contributed by atoms with Gasteiger partial charge in [0.15, 0.2) is 0 Å². The quantitative estimate of drug-likeness (QED) is 0.678. The van der Waals surface area contributed by atoms with Crippen LogP contribution in [-0.4, -0.2) is 47.2 Å². The Kier molecular flexibility index (Phi) is 5.51. The molecule has 1 fully saturated rings. The number of hydrogen-bond donors (Lipinski definition) is 3. The summed E-state index contributed by atoms with van der Waals surface area (Å²) in [5.74, 6) is -0.848. The molecule has 9 heteroatoms. The van der Waals surface area contributed by atoms with E-state index in [1.54, 1.807) is 45.0 Å². The second-order valence-electron chi connectivity index (χ2n) is 7.63. The van der Waals surface area contributed by atoms with Crippen molar-refractivity contribution in [3.8, 4) is 0 Å². The van der Waals surface area contributed by atoms with E-state index in [9.17, 15) is 14.4 Å². The van der Waals surface area contributed by atoms with Crippen LogP contribution in [-0.2, 0) is 14.3 Å². The highest BCUT2D eigenvalue weighted by Crippen LogP contribution is 2.20. The van der Waals surface area contributed by atoms with Gasteiger partial charge in [-0.15, -0.1) is 0 Å². The number of carbonyl (C=O) groups is 3. The SMILES string of the molecule is CC(C)(C)OC(=O)N[C@H]1COC(=O)C[C@@H]1NC(=O)c1cc2cc(Cl)ccc2[nH]1. The second-order valence-corrected chi connectivity index (χ2v) is 8.07. The summed E-state index contributed by atoms with van der Waals surface area (Å²) in [5.41, 5.74) is 0.424. The number of cyclic esters (lactones) is 1. The van der Waals surface area contributed by atoms with Crippen molar-refractivity contribution in [1.29, 1.82) is 0 Å². The highest BCUT2D eigenvalue weighted by atomic mass is 35.5. The van der Waals surface area contributed by atoms with Gasteiger partial charge in [0.1, 0.15) is 17.9 Å². The number of H-pyrrole nitrogens is 1. The molecule has 1 aromatic carbocycles. The minimum Gasteiger partial charge on any atom is -0.463 e. The smallest absolute Gasteiger partial charge is 0.408 e. The molecule has 2 atom stereocenters. The molecule has 150 valence electrons. The van der Waals surface area contributed by atoms with E-state index in [0.717, 1.165) is 10.9 Å². The number of rotatable bonds is 3. The van der Waals surface area contributed by atoms with Gasteiger partial charge in [-0.3, -0.25) is 9.59 Å². The largest absolute Gasteiger partial charge is 0.463 e. The first kappa shape index (κ1) is 20.0. The van der Waals surface area contributed by atoms with Gasteiger partial charge < -0.3 is 25.1 Å². The van der Waals surface area contributed by atoms with Crippen molar-refractivity contribution in [2.75, 3.05) is 6.61 Å². The molecule has 28 heavy (non-hydrogen) atoms. The Labute approximate surface area is 166 Å². The van der Waals surface area contributed by atoms with Crippen molar-refractivity contribution in [2.24, 2.45) is 0 Å². The Morgan fingerprint density at radius 3 is 2.68 bits per heavy atom. The van der Waals surface area contributed by atoms with Crippen LogP contribution in [0, 0.1) is 0 Å². The van der Waals surface area contributed by atoms with Crippen molar-refractivity contribution >= 4 is 40.5 Å². The summed E-state index contributed by atoms with van der Waals surface area (Å²) in [4.78, 5) is 39.4. The number of nitrogens with one attached hydrogen (secondary N) is 3. The first-order valence-corrected chi connectivity index (χ1v) is 9.23. The summed E-state index contributed by atoms with van der Waals surface area (Å²) in [6.07, 6.45) is -0.701. The first-order valence-electron chi connectivity index (χ1n) is 8.85. The molecule has 3 rings (SSSR count). The number of halogens is 1. The molecule has 1 aliphatic heterocycles. The molecular formula is C19H22ClN3O5. The molecule has 3 N–H and O–H groups in total. The maximum atomic E-state index is 12.7.